The zero-order valence-electron chi connectivity index (χ0n) is 75.8. The average molecular weight is 2410 g/mol. The summed E-state index contributed by atoms with van der Waals surface area (Å²) in [5, 5.41) is 46.5. The Morgan fingerprint density at radius 2 is 0.881 bits per heavy atom. The summed E-state index contributed by atoms with van der Waals surface area (Å²) in [6.45, 7) is -1.82. The zero-order chi connectivity index (χ0) is 98.1. The predicted octanol–water partition coefficient (Wildman–Crippen LogP) is 0.353. The number of anilines is 5. The molecule has 711 valence electrons. The molecule has 0 aliphatic carbocycles. The standard InChI is InChI=1S/C15H15ClF3N3O4S.C14H13ClF3N3O2.C14H11ClF3N3O2.C14H11ClF3N3O.C9H6BrF3O.C5H6ClN3O.CH3F.2CH2O3.B.2Cs.2K.Na.3H/c1-20-13-11(7-21-14(16)22-13)25-8-12(26-27(2,23)24)9-5-3-4-6-10(9)15(17,18)19;2*1-19-12-11(6-20-13(15)21-12)23-7-10(22)8-4-2-3-5-9(8)14(16,17)18;1-21-10(7-22-11-6-19-13(15)20-12(11)21)8-4-2-3-5-9(8)14(16,17)18;10-5-8(14)6-3-1-2-4-7(6)9(11,12)13;1-7-4-3(10)2-8-5(6)9-4;1-2;2*2-1-4-3;;;;;;;;;/h3-7,12H,8H2,1-2H3,(H,20,21,22);2-6,10,22H,7H2,1H3,(H,19,20,21);2-6H,7H2,1H3,(H,19,20,21);2-6,10H,7H2,1H3;1-4H,5H2;2,10H,1H3,(H,7,8,9);1H3;2*1,3H;;;;;;;;;/q;;;;;;;;;;5*+1;3*-1/p-2/i;;;;;;1D;;;;;;;;;;;. The van der Waals surface area contributed by atoms with Gasteiger partial charge in [-0.25, -0.2) is 24.9 Å². The van der Waals surface area contributed by atoms with Crippen molar-refractivity contribution in [3.63, 3.8) is 0 Å². The van der Waals surface area contributed by atoms with E-state index >= 15 is 0 Å². The van der Waals surface area contributed by atoms with E-state index in [4.69, 9.17) is 108 Å². The molecule has 3 radical (unpaired) electrons. The number of ether oxygens (including phenoxy) is 4. The minimum atomic E-state index is -4.70. The van der Waals surface area contributed by atoms with E-state index in [2.05, 4.69) is 96.8 Å². The van der Waals surface area contributed by atoms with Crippen LogP contribution in [0.5, 0.6) is 28.7 Å². The third-order valence-corrected chi connectivity index (χ3v) is 17.3. The van der Waals surface area contributed by atoms with Gasteiger partial charge in [0.25, 0.3) is 23.1 Å². The van der Waals surface area contributed by atoms with Gasteiger partial charge >= 0.3 is 301 Å². The summed E-state index contributed by atoms with van der Waals surface area (Å²) in [5.41, 5.74) is -5.76. The summed E-state index contributed by atoms with van der Waals surface area (Å²) in [5.74, 6) is 0.713. The van der Waals surface area contributed by atoms with E-state index in [0.29, 0.717) is 17.4 Å². The van der Waals surface area contributed by atoms with Gasteiger partial charge in [-0.2, -0.15) is 99.2 Å². The first-order chi connectivity index (χ1) is 61.0. The van der Waals surface area contributed by atoms with Gasteiger partial charge in [-0.1, -0.05) is 107 Å². The maximum absolute atomic E-state index is 13.3. The molecule has 1 aliphatic heterocycles. The Kier molecular flexibility index (Phi) is 69.4. The van der Waals surface area contributed by atoms with Crippen LogP contribution < -0.4 is 326 Å². The van der Waals surface area contributed by atoms with Gasteiger partial charge < -0.3 is 79.9 Å². The van der Waals surface area contributed by atoms with Gasteiger partial charge in [0.05, 0.1) is 85.0 Å². The van der Waals surface area contributed by atoms with Gasteiger partial charge in [0, 0.05) is 54.8 Å². The van der Waals surface area contributed by atoms with Crippen molar-refractivity contribution in [3.8, 4) is 28.7 Å². The van der Waals surface area contributed by atoms with Crippen molar-refractivity contribution >= 4 is 146 Å². The summed E-state index contributed by atoms with van der Waals surface area (Å²) < 4.78 is 259. The van der Waals surface area contributed by atoms with Crippen molar-refractivity contribution in [1.29, 1.82) is 0 Å². The molecule has 0 amide bonds. The van der Waals surface area contributed by atoms with Crippen molar-refractivity contribution in [2.75, 3.05) is 107 Å². The number of nitrogens with one attached hydrogen (secondary N) is 4. The number of nitrogens with zero attached hydrogens (tertiary/aromatic N) is 11. The molecule has 6 heterocycles. The first-order valence-electron chi connectivity index (χ1n) is 35.3. The topological polar surface area (TPSA) is 434 Å². The Balaban J connectivity index is -0.000000295. The third kappa shape index (κ3) is 48.4. The minimum absolute atomic E-state index is 0. The van der Waals surface area contributed by atoms with Crippen molar-refractivity contribution in [2.24, 2.45) is 0 Å². The fraction of sp³-hybridized carbons (Fsp3) is 0.270. The number of hydrogen-bond acceptors (Lipinski definition) is 32. The van der Waals surface area contributed by atoms with E-state index in [-0.39, 0.29) is 397 Å². The van der Waals surface area contributed by atoms with Crippen molar-refractivity contribution in [1.82, 2.24) is 49.8 Å². The number of hydrogen-bond donors (Lipinski definition) is 6. The smallest absolute Gasteiger partial charge is 1.00 e. The number of ketones is 2. The summed E-state index contributed by atoms with van der Waals surface area (Å²) in [4.78, 5) is 85.0. The fourth-order valence-electron chi connectivity index (χ4n) is 10.0. The number of likely N-dealkylation sites (N-methyl/N-ethyl adjacent to an activating group) is 1. The molecule has 0 saturated carbocycles. The monoisotopic (exact) mass is 2410 g/mol. The predicted molar refractivity (Wildman–Crippen MR) is 442 cm³/mol. The number of aromatic hydroxyl groups is 1. The number of alkyl halides is 17. The van der Waals surface area contributed by atoms with Crippen molar-refractivity contribution < 1.29 is 427 Å². The SMILES string of the molecule is CN1c2nc(Cl)ncc2OCC1c1ccccc1C(F)(F)F.CNc1nc(Cl)ncc1O.CNc1nc(Cl)ncc1OCC(=O)c1ccccc1C(F)(F)F.CNc1nc(Cl)ncc1OCC(O)c1ccccc1C(F)(F)F.CNc1nc(Cl)ncc1OCC(OS(C)(=O)=O)c1ccccc1C(F)(F)F.O=C(CBr)c1ccccc1C(F)(F)F.O=CO[O-].O=CO[O-].[2H]CF.[B].[Cs+].[Cs+].[H-].[H-].[H-].[K+].[K+].[Na+]. The Labute approximate surface area is 1020 Å². The zero-order valence-corrected chi connectivity index (χ0v) is 98.8. The molecule has 1 aliphatic rings. The summed E-state index contributed by atoms with van der Waals surface area (Å²) in [7, 11) is 2.86. The number of Topliss-reactive ketones (excluding diaryl/α,β-unsaturated/α-hetero) is 2. The van der Waals surface area contributed by atoms with Gasteiger partial charge in [-0.3, -0.25) is 27.8 Å². The maximum Gasteiger partial charge on any atom is 1.00 e. The van der Waals surface area contributed by atoms with Gasteiger partial charge in [0.1, 0.15) is 32.0 Å². The number of benzene rings is 5. The Morgan fingerprint density at radius 3 is 1.27 bits per heavy atom. The molecule has 135 heavy (non-hydrogen) atoms. The fourth-order valence-corrected chi connectivity index (χ4v) is 11.6. The Morgan fingerprint density at radius 1 is 0.556 bits per heavy atom. The summed E-state index contributed by atoms with van der Waals surface area (Å²) in [6, 6.07) is 23.3. The number of carbonyl (C=O) groups excluding carboxylic acids is 4. The quantitative estimate of drug-likeness (QED) is 0.00579. The molecule has 10 aromatic rings. The van der Waals surface area contributed by atoms with E-state index in [1.165, 1.54) is 111 Å². The third-order valence-electron chi connectivity index (χ3n) is 15.3. The molecule has 61 heteroatoms. The van der Waals surface area contributed by atoms with E-state index in [1.807, 2.05) is 0 Å². The van der Waals surface area contributed by atoms with Gasteiger partial charge in [-0.15, -0.1) is 0 Å². The van der Waals surface area contributed by atoms with Crippen LogP contribution in [0.4, 0.5) is 99.3 Å². The van der Waals surface area contributed by atoms with Crippen molar-refractivity contribution in [2.45, 2.75) is 49.1 Å². The molecule has 3 atom stereocenters. The number of aliphatic hydroxyl groups is 1. The molecule has 5 aromatic carbocycles. The Hall–Kier alpha value is -3.18. The summed E-state index contributed by atoms with van der Waals surface area (Å²) >= 11 is 30.9. The molecule has 32 nitrogen and oxygen atoms in total. The molecular weight excluding hydrogens is 2340 g/mol. The second-order valence-electron chi connectivity index (χ2n) is 23.6. The number of rotatable bonds is 23. The van der Waals surface area contributed by atoms with E-state index in [0.717, 1.165) is 48.7 Å². The van der Waals surface area contributed by atoms with Gasteiger partial charge in [0.2, 0.25) is 32.2 Å². The van der Waals surface area contributed by atoms with Crippen LogP contribution in [-0.2, 0) is 64.5 Å². The number of fused-ring (bicyclic) bond motifs is 1. The molecule has 5 aromatic heterocycles. The van der Waals surface area contributed by atoms with Crippen LogP contribution in [0, 0.1) is 0 Å². The molecule has 0 bridgehead atoms. The van der Waals surface area contributed by atoms with Crippen LogP contribution in [0.3, 0.4) is 0 Å². The Bertz CT molecular complexity index is 5460. The molecule has 0 saturated heterocycles. The number of halogens is 22. The molecule has 11 rings (SSSR count). The number of aromatic nitrogens is 10. The molecule has 0 spiro atoms. The summed E-state index contributed by atoms with van der Waals surface area (Å²) in [6.07, 6.45) is -18.7. The van der Waals surface area contributed by atoms with Crippen LogP contribution >= 0.6 is 73.9 Å². The first kappa shape index (κ1) is 136. The molecule has 6 N–H and O–H groups in total. The van der Waals surface area contributed by atoms with Crippen LogP contribution in [0.2, 0.25) is 26.4 Å². The van der Waals surface area contributed by atoms with Gasteiger partial charge in [0.15, 0.2) is 70.2 Å². The minimum Gasteiger partial charge on any atom is -1.00 e. The van der Waals surface area contributed by atoms with Gasteiger partial charge in [-0.05, 0) is 105 Å². The molecule has 3 unspecified atom stereocenters. The second-order valence-corrected chi connectivity index (χ2v) is 27.5. The van der Waals surface area contributed by atoms with E-state index in [9.17, 15) is 93.4 Å². The molecule has 0 fully saturated rings. The van der Waals surface area contributed by atoms with E-state index < -0.39 is 131 Å². The van der Waals surface area contributed by atoms with Crippen LogP contribution in [0.25, 0.3) is 0 Å². The average Bonchev–Trinajstić information content (AvgIpc) is 0.764. The first-order valence-corrected chi connectivity index (χ1v) is 39.4. The van der Waals surface area contributed by atoms with Crippen molar-refractivity contribution in [3.05, 3.63) is 234 Å². The van der Waals surface area contributed by atoms with Crippen LogP contribution in [-0.4, -0.2) is 182 Å². The van der Waals surface area contributed by atoms with Crippen LogP contribution in [0.15, 0.2) is 152 Å². The second kappa shape index (κ2) is 68.9. The largest absolute Gasteiger partial charge is 1.00 e. The van der Waals surface area contributed by atoms with Crippen LogP contribution in [0.1, 0.15) is 89.1 Å². The maximum atomic E-state index is 13.3. The molecular formula is C74H70BBrCl5Cs2F16K2N15NaO17S. The number of carbonyl (C=O) groups is 4. The number of aliphatic hydroxyl groups excluding tert-OH is 1. The normalized spacial score (nSPS) is 12.0. The van der Waals surface area contributed by atoms with E-state index in [1.54, 1.807) is 39.2 Å².